The van der Waals surface area contributed by atoms with E-state index in [1.54, 1.807) is 0 Å². The van der Waals surface area contributed by atoms with Crippen LogP contribution in [0.4, 0.5) is 0 Å². The Balaban J connectivity index is 3.04. The SMILES string of the molecule is [N-]=[N+]=NCc1ccc(S(=O)(=O)N=[N+]=[N-])cc1. The Bertz CT molecular complexity index is 565. The van der Waals surface area contributed by atoms with E-state index in [2.05, 4.69) is 19.5 Å². The molecule has 1 rings (SSSR count). The van der Waals surface area contributed by atoms with Crippen molar-refractivity contribution in [3.63, 3.8) is 0 Å². The van der Waals surface area contributed by atoms with E-state index in [4.69, 9.17) is 11.1 Å². The van der Waals surface area contributed by atoms with Crippen LogP contribution < -0.4 is 0 Å². The monoisotopic (exact) mass is 238 g/mol. The van der Waals surface area contributed by atoms with E-state index < -0.39 is 10.0 Å². The number of azide groups is 2. The number of nitrogens with zero attached hydrogens (tertiary/aromatic N) is 6. The van der Waals surface area contributed by atoms with Crippen molar-refractivity contribution in [1.82, 2.24) is 0 Å². The van der Waals surface area contributed by atoms with E-state index in [1.807, 2.05) is 0 Å². The molecule has 0 spiro atoms. The first-order valence-electron chi connectivity index (χ1n) is 4.01. The molecule has 0 fully saturated rings. The van der Waals surface area contributed by atoms with Gasteiger partial charge in [0.05, 0.1) is 11.4 Å². The van der Waals surface area contributed by atoms with Gasteiger partial charge in [-0.05, 0) is 28.8 Å². The van der Waals surface area contributed by atoms with Crippen molar-refractivity contribution in [2.24, 2.45) is 9.63 Å². The van der Waals surface area contributed by atoms with E-state index in [0.29, 0.717) is 5.56 Å². The Morgan fingerprint density at radius 1 is 1.12 bits per heavy atom. The highest BCUT2D eigenvalue weighted by atomic mass is 32.2. The van der Waals surface area contributed by atoms with Crippen LogP contribution in [0, 0.1) is 0 Å². The smallest absolute Gasteiger partial charge is 0.216 e. The summed E-state index contributed by atoms with van der Waals surface area (Å²) in [4.78, 5) is 4.70. The summed E-state index contributed by atoms with van der Waals surface area (Å²) < 4.78 is 25.2. The minimum atomic E-state index is -3.94. The zero-order valence-corrected chi connectivity index (χ0v) is 8.74. The summed E-state index contributed by atoms with van der Waals surface area (Å²) in [5, 5.41) is 3.32. The van der Waals surface area contributed by atoms with Crippen LogP contribution >= 0.6 is 0 Å². The molecule has 0 aliphatic carbocycles. The molecule has 0 saturated heterocycles. The highest BCUT2D eigenvalue weighted by molar-refractivity contribution is 7.90. The molecule has 8 nitrogen and oxygen atoms in total. The third kappa shape index (κ3) is 2.89. The van der Waals surface area contributed by atoms with Gasteiger partial charge in [0.2, 0.25) is 0 Å². The van der Waals surface area contributed by atoms with Gasteiger partial charge in [0.15, 0.2) is 0 Å². The predicted molar refractivity (Wildman–Crippen MR) is 55.6 cm³/mol. The van der Waals surface area contributed by atoms with Gasteiger partial charge >= 0.3 is 0 Å². The summed E-state index contributed by atoms with van der Waals surface area (Å²) in [6.45, 7) is 0.137. The lowest BCUT2D eigenvalue weighted by Gasteiger charge is -1.98. The second-order valence-electron chi connectivity index (χ2n) is 2.68. The maximum absolute atomic E-state index is 11.3. The number of rotatable bonds is 4. The second kappa shape index (κ2) is 5.04. The molecular weight excluding hydrogens is 232 g/mol. The van der Waals surface area contributed by atoms with E-state index >= 15 is 0 Å². The molecule has 0 unspecified atom stereocenters. The van der Waals surface area contributed by atoms with E-state index in [-0.39, 0.29) is 11.4 Å². The lowest BCUT2D eigenvalue weighted by atomic mass is 10.2. The lowest BCUT2D eigenvalue weighted by Crippen LogP contribution is -1.95. The standard InChI is InChI=1S/C7H6N6O2S/c8-11-10-5-6-1-3-7(4-2-6)16(14,15)13-12-9/h1-4H,5H2. The quantitative estimate of drug-likeness (QED) is 0.453. The first kappa shape index (κ1) is 11.9. The van der Waals surface area contributed by atoms with Gasteiger partial charge in [-0.3, -0.25) is 0 Å². The van der Waals surface area contributed by atoms with Crippen LogP contribution in [0.1, 0.15) is 5.56 Å². The third-order valence-electron chi connectivity index (χ3n) is 1.68. The molecule has 0 amide bonds. The molecule has 0 bridgehead atoms. The van der Waals surface area contributed by atoms with Crippen molar-refractivity contribution in [2.45, 2.75) is 11.4 Å². The van der Waals surface area contributed by atoms with Gasteiger partial charge in [-0.15, -0.1) is 0 Å². The van der Waals surface area contributed by atoms with Crippen LogP contribution in [0.5, 0.6) is 0 Å². The highest BCUT2D eigenvalue weighted by Gasteiger charge is 2.10. The van der Waals surface area contributed by atoms with Crippen LogP contribution in [-0.4, -0.2) is 8.42 Å². The van der Waals surface area contributed by atoms with Gasteiger partial charge in [0, 0.05) is 14.3 Å². The number of hydrogen-bond donors (Lipinski definition) is 0. The van der Waals surface area contributed by atoms with Crippen molar-refractivity contribution < 1.29 is 8.42 Å². The normalized spacial score (nSPS) is 10.0. The summed E-state index contributed by atoms with van der Waals surface area (Å²) in [5.74, 6) is 0. The maximum atomic E-state index is 11.3. The molecule has 0 atom stereocenters. The molecule has 0 aliphatic heterocycles. The summed E-state index contributed by atoms with van der Waals surface area (Å²) in [6, 6.07) is 5.53. The molecule has 0 aromatic heterocycles. The Morgan fingerprint density at radius 2 is 1.75 bits per heavy atom. The number of hydrogen-bond acceptors (Lipinski definition) is 3. The molecule has 16 heavy (non-hydrogen) atoms. The maximum Gasteiger partial charge on any atom is 0.264 e. The van der Waals surface area contributed by atoms with E-state index in [9.17, 15) is 8.42 Å². The van der Waals surface area contributed by atoms with Crippen LogP contribution in [0.15, 0.2) is 38.8 Å². The fourth-order valence-corrected chi connectivity index (χ4v) is 1.65. The number of sulfonamides is 1. The van der Waals surface area contributed by atoms with Gasteiger partial charge in [0.1, 0.15) is 0 Å². The molecule has 1 aromatic rings. The zero-order valence-electron chi connectivity index (χ0n) is 7.92. The Kier molecular flexibility index (Phi) is 3.73. The van der Waals surface area contributed by atoms with Crippen LogP contribution in [-0.2, 0) is 16.6 Å². The second-order valence-corrected chi connectivity index (χ2v) is 4.26. The average Bonchev–Trinajstić information content (AvgIpc) is 2.27. The zero-order chi connectivity index (χ0) is 12.0. The van der Waals surface area contributed by atoms with Gasteiger partial charge in [0.25, 0.3) is 10.0 Å². The van der Waals surface area contributed by atoms with Crippen molar-refractivity contribution in [3.05, 3.63) is 50.7 Å². The molecule has 0 aliphatic rings. The molecule has 0 saturated carbocycles. The first-order valence-corrected chi connectivity index (χ1v) is 5.45. The fraction of sp³-hybridized carbons (Fsp3) is 0.143. The molecule has 9 heteroatoms. The Labute approximate surface area is 90.8 Å². The molecule has 0 heterocycles. The highest BCUT2D eigenvalue weighted by Crippen LogP contribution is 2.14. The van der Waals surface area contributed by atoms with Gasteiger partial charge in [-0.2, -0.15) is 0 Å². The Hall–Kier alpha value is -2.21. The molecule has 0 N–H and O–H groups in total. The van der Waals surface area contributed by atoms with Gasteiger partial charge < -0.3 is 0 Å². The average molecular weight is 238 g/mol. The minimum Gasteiger partial charge on any atom is -0.216 e. The van der Waals surface area contributed by atoms with Gasteiger partial charge in [-0.25, -0.2) is 8.42 Å². The first-order chi connectivity index (χ1) is 7.60. The summed E-state index contributed by atoms with van der Waals surface area (Å²) in [6.07, 6.45) is 0. The lowest BCUT2D eigenvalue weighted by molar-refractivity contribution is 0.597. The molecule has 82 valence electrons. The molecule has 1 aromatic carbocycles. The van der Waals surface area contributed by atoms with Crippen molar-refractivity contribution in [2.75, 3.05) is 0 Å². The Morgan fingerprint density at radius 3 is 2.25 bits per heavy atom. The van der Waals surface area contributed by atoms with Crippen molar-refractivity contribution >= 4 is 10.0 Å². The van der Waals surface area contributed by atoms with E-state index in [1.165, 1.54) is 24.3 Å². The van der Waals surface area contributed by atoms with Crippen LogP contribution in [0.2, 0.25) is 0 Å². The van der Waals surface area contributed by atoms with Crippen molar-refractivity contribution in [3.8, 4) is 0 Å². The van der Waals surface area contributed by atoms with Crippen LogP contribution in [0.3, 0.4) is 0 Å². The summed E-state index contributed by atoms with van der Waals surface area (Å²) in [5.41, 5.74) is 16.8. The topological polar surface area (TPSA) is 132 Å². The van der Waals surface area contributed by atoms with Crippen molar-refractivity contribution in [1.29, 1.82) is 0 Å². The molecular formula is C7H6N6O2S. The number of benzene rings is 1. The minimum absolute atomic E-state index is 0.102. The van der Waals surface area contributed by atoms with Crippen LogP contribution in [0.25, 0.3) is 20.9 Å². The van der Waals surface area contributed by atoms with E-state index in [0.717, 1.165) is 0 Å². The molecule has 0 radical (unpaired) electrons. The fourth-order valence-electron chi connectivity index (χ4n) is 0.975. The summed E-state index contributed by atoms with van der Waals surface area (Å²) in [7, 11) is -3.94. The van der Waals surface area contributed by atoms with Gasteiger partial charge in [-0.1, -0.05) is 17.2 Å². The summed E-state index contributed by atoms with van der Waals surface area (Å²) >= 11 is 0. The third-order valence-corrected chi connectivity index (χ3v) is 2.84. The predicted octanol–water partition coefficient (Wildman–Crippen LogP) is 2.50. The largest absolute Gasteiger partial charge is 0.264 e.